The lowest BCUT2D eigenvalue weighted by Crippen LogP contribution is -2.58. The van der Waals surface area contributed by atoms with E-state index in [4.69, 9.17) is 5.73 Å². The van der Waals surface area contributed by atoms with Gasteiger partial charge in [-0.25, -0.2) is 4.98 Å². The number of amides is 4. The molecule has 168 valence electrons. The third kappa shape index (κ3) is 8.41. The van der Waals surface area contributed by atoms with E-state index in [1.54, 1.807) is 6.20 Å². The minimum Gasteiger partial charge on any atom is -0.357 e. The number of nitrogens with one attached hydrogen (secondary N) is 5. The molecule has 3 atom stereocenters. The summed E-state index contributed by atoms with van der Waals surface area (Å²) in [4.78, 5) is 55.9. The molecule has 0 aliphatic heterocycles. The summed E-state index contributed by atoms with van der Waals surface area (Å²) in [5.41, 5.74) is 5.98. The van der Waals surface area contributed by atoms with Crippen molar-refractivity contribution >= 4 is 36.3 Å². The quantitative estimate of drug-likeness (QED) is 0.187. The largest absolute Gasteiger partial charge is 0.357 e. The molecular weight excluding hydrogens is 410 g/mol. The minimum atomic E-state index is -1.00. The Morgan fingerprint density at radius 1 is 1.07 bits per heavy atom. The van der Waals surface area contributed by atoms with Crippen LogP contribution in [0.5, 0.6) is 0 Å². The van der Waals surface area contributed by atoms with Gasteiger partial charge in [0.15, 0.2) is 0 Å². The third-order valence-electron chi connectivity index (χ3n) is 4.22. The fraction of sp³-hybridized carbons (Fsp3) is 0.611. The third-order valence-corrected chi connectivity index (χ3v) is 4.58. The minimum absolute atomic E-state index is 0.00132. The smallest absolute Gasteiger partial charge is 0.244 e. The normalized spacial score (nSPS) is 13.8. The van der Waals surface area contributed by atoms with E-state index in [-0.39, 0.29) is 24.6 Å². The molecule has 0 bridgehead atoms. The Bertz CT molecular complexity index is 711. The van der Waals surface area contributed by atoms with Crippen molar-refractivity contribution < 1.29 is 19.2 Å². The van der Waals surface area contributed by atoms with Crippen molar-refractivity contribution in [3.63, 3.8) is 0 Å². The molecule has 0 saturated carbocycles. The summed E-state index contributed by atoms with van der Waals surface area (Å²) >= 11 is 4.14. The summed E-state index contributed by atoms with van der Waals surface area (Å²) in [5, 5.41) is 10.3. The van der Waals surface area contributed by atoms with Gasteiger partial charge in [0, 0.05) is 31.1 Å². The van der Waals surface area contributed by atoms with Gasteiger partial charge in [-0.05, 0) is 12.3 Å². The monoisotopic (exact) mass is 441 g/mol. The molecule has 11 nitrogen and oxygen atoms in total. The number of H-pyrrole nitrogens is 1. The number of thiol groups is 1. The van der Waals surface area contributed by atoms with Crippen LogP contribution in [0.15, 0.2) is 12.5 Å². The number of aromatic nitrogens is 2. The SMILES string of the molecule is CNC(=O)[C@H](Cc1cnc[nH]1)NC(=O)[C@H](CS)NC(=O)[C@H](CC(C)C)NC(=O)CN. The number of carbonyl (C=O) groups excluding carboxylic acids is 4. The molecule has 0 aliphatic carbocycles. The number of rotatable bonds is 12. The van der Waals surface area contributed by atoms with Crippen molar-refractivity contribution in [2.45, 2.75) is 44.8 Å². The lowest BCUT2D eigenvalue weighted by molar-refractivity contribution is -0.133. The molecule has 1 aromatic rings. The molecule has 0 aliphatic rings. The summed E-state index contributed by atoms with van der Waals surface area (Å²) in [6, 6.07) is -2.71. The molecule has 0 spiro atoms. The van der Waals surface area contributed by atoms with E-state index in [2.05, 4.69) is 43.9 Å². The lowest BCUT2D eigenvalue weighted by Gasteiger charge is -2.25. The first-order chi connectivity index (χ1) is 14.2. The Morgan fingerprint density at radius 3 is 2.20 bits per heavy atom. The van der Waals surface area contributed by atoms with Gasteiger partial charge in [0.2, 0.25) is 23.6 Å². The molecule has 0 fully saturated rings. The maximum absolute atomic E-state index is 12.7. The highest BCUT2D eigenvalue weighted by atomic mass is 32.1. The summed E-state index contributed by atoms with van der Waals surface area (Å²) in [6.45, 7) is 3.56. The van der Waals surface area contributed by atoms with Gasteiger partial charge in [-0.1, -0.05) is 13.8 Å². The molecule has 0 unspecified atom stereocenters. The zero-order valence-corrected chi connectivity index (χ0v) is 18.3. The highest BCUT2D eigenvalue weighted by Crippen LogP contribution is 2.06. The molecule has 30 heavy (non-hydrogen) atoms. The second-order valence-electron chi connectivity index (χ2n) is 7.15. The number of imidazole rings is 1. The Kier molecular flexibility index (Phi) is 10.9. The van der Waals surface area contributed by atoms with Gasteiger partial charge < -0.3 is 32.0 Å². The number of hydrogen-bond donors (Lipinski definition) is 7. The van der Waals surface area contributed by atoms with E-state index in [1.165, 1.54) is 13.4 Å². The molecule has 0 saturated heterocycles. The van der Waals surface area contributed by atoms with Crippen molar-refractivity contribution in [2.75, 3.05) is 19.3 Å². The topological polar surface area (TPSA) is 171 Å². The number of likely N-dealkylation sites (N-methyl/N-ethyl adjacent to an activating group) is 1. The molecule has 4 amide bonds. The first-order valence-electron chi connectivity index (χ1n) is 9.61. The summed E-state index contributed by atoms with van der Waals surface area (Å²) in [7, 11) is 1.46. The second kappa shape index (κ2) is 12.9. The highest BCUT2D eigenvalue weighted by molar-refractivity contribution is 7.80. The van der Waals surface area contributed by atoms with Gasteiger partial charge in [-0.3, -0.25) is 19.2 Å². The highest BCUT2D eigenvalue weighted by Gasteiger charge is 2.29. The van der Waals surface area contributed by atoms with E-state index < -0.39 is 41.8 Å². The molecule has 1 aromatic heterocycles. The Labute approximate surface area is 181 Å². The number of nitrogens with zero attached hydrogens (tertiary/aromatic N) is 1. The van der Waals surface area contributed by atoms with E-state index in [9.17, 15) is 19.2 Å². The van der Waals surface area contributed by atoms with Crippen molar-refractivity contribution in [1.29, 1.82) is 0 Å². The Morgan fingerprint density at radius 2 is 1.70 bits per heavy atom. The number of carbonyl (C=O) groups is 4. The second-order valence-corrected chi connectivity index (χ2v) is 7.52. The van der Waals surface area contributed by atoms with Crippen molar-refractivity contribution in [2.24, 2.45) is 11.7 Å². The Balaban J connectivity index is 2.83. The Hall–Kier alpha value is -2.60. The van der Waals surface area contributed by atoms with E-state index in [1.807, 2.05) is 13.8 Å². The molecule has 0 aromatic carbocycles. The van der Waals surface area contributed by atoms with Crippen LogP contribution in [0.3, 0.4) is 0 Å². The van der Waals surface area contributed by atoms with Crippen LogP contribution in [0.2, 0.25) is 0 Å². The van der Waals surface area contributed by atoms with Crippen LogP contribution in [-0.4, -0.2) is 71.1 Å². The van der Waals surface area contributed by atoms with Crippen LogP contribution >= 0.6 is 12.6 Å². The standard InChI is InChI=1S/C18H31N7O4S/c1-10(2)4-12(23-15(26)6-19)17(28)25-14(8-30)18(29)24-13(16(27)20-3)5-11-7-21-9-22-11/h7,9-10,12-14,30H,4-6,8,19H2,1-3H3,(H,20,27)(H,21,22)(H,23,26)(H,24,29)(H,25,28)/t12-,13-,14-/m0/s1. The van der Waals surface area contributed by atoms with Gasteiger partial charge in [0.25, 0.3) is 0 Å². The van der Waals surface area contributed by atoms with E-state index in [0.29, 0.717) is 12.1 Å². The van der Waals surface area contributed by atoms with Crippen LogP contribution in [0.4, 0.5) is 0 Å². The summed E-state index contributed by atoms with van der Waals surface area (Å²) < 4.78 is 0. The van der Waals surface area contributed by atoms with Crippen LogP contribution < -0.4 is 27.0 Å². The van der Waals surface area contributed by atoms with Gasteiger partial charge in [-0.15, -0.1) is 0 Å². The van der Waals surface area contributed by atoms with Crippen molar-refractivity contribution in [3.8, 4) is 0 Å². The lowest BCUT2D eigenvalue weighted by atomic mass is 10.0. The van der Waals surface area contributed by atoms with Crippen molar-refractivity contribution in [1.82, 2.24) is 31.2 Å². The average Bonchev–Trinajstić information content (AvgIpc) is 3.22. The summed E-state index contributed by atoms with van der Waals surface area (Å²) in [5.74, 6) is -1.84. The van der Waals surface area contributed by atoms with Crippen LogP contribution in [0.25, 0.3) is 0 Å². The average molecular weight is 442 g/mol. The van der Waals surface area contributed by atoms with Gasteiger partial charge >= 0.3 is 0 Å². The maximum atomic E-state index is 12.7. The fourth-order valence-electron chi connectivity index (χ4n) is 2.69. The molecule has 1 heterocycles. The number of hydrogen-bond acceptors (Lipinski definition) is 7. The van der Waals surface area contributed by atoms with Gasteiger partial charge in [-0.2, -0.15) is 12.6 Å². The molecule has 1 rings (SSSR count). The number of nitrogens with two attached hydrogens (primary N) is 1. The molecule has 12 heteroatoms. The van der Waals surface area contributed by atoms with Crippen LogP contribution in [0, 0.1) is 5.92 Å². The van der Waals surface area contributed by atoms with Crippen molar-refractivity contribution in [3.05, 3.63) is 18.2 Å². The van der Waals surface area contributed by atoms with Gasteiger partial charge in [0.1, 0.15) is 18.1 Å². The van der Waals surface area contributed by atoms with E-state index in [0.717, 1.165) is 0 Å². The first-order valence-corrected chi connectivity index (χ1v) is 10.2. The van der Waals surface area contributed by atoms with Crippen LogP contribution in [-0.2, 0) is 25.6 Å². The number of aromatic amines is 1. The predicted octanol–water partition coefficient (Wildman–Crippen LogP) is -1.91. The molecule has 7 N–H and O–H groups in total. The molecule has 0 radical (unpaired) electrons. The van der Waals surface area contributed by atoms with Crippen LogP contribution in [0.1, 0.15) is 26.0 Å². The molecular formula is C18H31N7O4S. The zero-order chi connectivity index (χ0) is 22.7. The summed E-state index contributed by atoms with van der Waals surface area (Å²) in [6.07, 6.45) is 3.59. The first kappa shape index (κ1) is 25.4. The van der Waals surface area contributed by atoms with E-state index >= 15 is 0 Å². The van der Waals surface area contributed by atoms with Gasteiger partial charge in [0.05, 0.1) is 12.9 Å². The fourth-order valence-corrected chi connectivity index (χ4v) is 2.95. The predicted molar refractivity (Wildman–Crippen MR) is 115 cm³/mol. The zero-order valence-electron chi connectivity index (χ0n) is 17.4. The maximum Gasteiger partial charge on any atom is 0.244 e.